The first-order valence-electron chi connectivity index (χ1n) is 10.3. The molecule has 0 radical (unpaired) electrons. The summed E-state index contributed by atoms with van der Waals surface area (Å²) < 4.78 is 0. The van der Waals surface area contributed by atoms with Crippen LogP contribution in [0.15, 0.2) is 36.4 Å². The summed E-state index contributed by atoms with van der Waals surface area (Å²) in [5, 5.41) is 6.61. The Morgan fingerprint density at radius 2 is 1.76 bits per heavy atom. The molecule has 0 saturated carbocycles. The zero-order valence-electron chi connectivity index (χ0n) is 17.3. The number of amides is 1. The molecule has 2 aromatic carbocycles. The molecule has 1 saturated heterocycles. The Morgan fingerprint density at radius 1 is 1.03 bits per heavy atom. The molecule has 2 aromatic rings. The predicted octanol–water partition coefficient (Wildman–Crippen LogP) is 3.45. The molecule has 5 nitrogen and oxygen atoms in total. The van der Waals surface area contributed by atoms with Gasteiger partial charge in [0.1, 0.15) is 0 Å². The van der Waals surface area contributed by atoms with Crippen molar-refractivity contribution in [1.29, 1.82) is 0 Å². The molecule has 0 unspecified atom stereocenters. The summed E-state index contributed by atoms with van der Waals surface area (Å²) in [6.07, 6.45) is 1.13. The summed E-state index contributed by atoms with van der Waals surface area (Å²) in [6.45, 7) is 10.5. The van der Waals surface area contributed by atoms with Crippen molar-refractivity contribution in [3.05, 3.63) is 58.7 Å². The van der Waals surface area contributed by atoms with Crippen molar-refractivity contribution in [2.75, 3.05) is 49.9 Å². The number of fused-ring (bicyclic) bond motifs is 1. The van der Waals surface area contributed by atoms with E-state index in [4.69, 9.17) is 0 Å². The lowest BCUT2D eigenvalue weighted by Crippen LogP contribution is -2.48. The van der Waals surface area contributed by atoms with E-state index in [-0.39, 0.29) is 18.3 Å². The van der Waals surface area contributed by atoms with E-state index in [0.717, 1.165) is 56.9 Å². The topological polar surface area (TPSA) is 47.6 Å². The van der Waals surface area contributed by atoms with Crippen LogP contribution in [0.4, 0.5) is 11.4 Å². The summed E-state index contributed by atoms with van der Waals surface area (Å²) in [7, 11) is 0. The molecule has 0 aromatic heterocycles. The van der Waals surface area contributed by atoms with Gasteiger partial charge in [0.05, 0.1) is 6.54 Å². The molecule has 1 amide bonds. The number of hydrogen-bond donors (Lipinski definition) is 2. The fourth-order valence-electron chi connectivity index (χ4n) is 4.17. The summed E-state index contributed by atoms with van der Waals surface area (Å²) >= 11 is 0. The van der Waals surface area contributed by atoms with E-state index in [9.17, 15) is 4.79 Å². The number of halogens is 1. The number of carbonyl (C=O) groups excluding carboxylic acids is 1. The fraction of sp³-hybridized carbons (Fsp3) is 0.435. The Kier molecular flexibility index (Phi) is 7.17. The van der Waals surface area contributed by atoms with Gasteiger partial charge in [0.2, 0.25) is 5.91 Å². The van der Waals surface area contributed by atoms with Crippen molar-refractivity contribution < 1.29 is 4.79 Å². The standard InChI is InChI=1S/C23H30N4O.ClH/c1-17-5-3-8-21(18(17)2)25-22(28)16-27-13-11-26(12-14-27)15-20-7-4-6-19-9-10-24-23(19)20;/h3-8,24H,9-16H2,1-2H3,(H,25,28);1H. The molecule has 4 rings (SSSR count). The highest BCUT2D eigenvalue weighted by molar-refractivity contribution is 5.93. The lowest BCUT2D eigenvalue weighted by atomic mass is 10.1. The van der Waals surface area contributed by atoms with Crippen molar-refractivity contribution in [3.8, 4) is 0 Å². The average Bonchev–Trinajstić information content (AvgIpc) is 3.17. The molecule has 0 atom stereocenters. The molecule has 2 N–H and O–H groups in total. The fourth-order valence-corrected chi connectivity index (χ4v) is 4.17. The van der Waals surface area contributed by atoms with Gasteiger partial charge in [-0.2, -0.15) is 0 Å². The van der Waals surface area contributed by atoms with Crippen LogP contribution in [0.3, 0.4) is 0 Å². The van der Waals surface area contributed by atoms with E-state index >= 15 is 0 Å². The van der Waals surface area contributed by atoms with Crippen molar-refractivity contribution in [1.82, 2.24) is 9.80 Å². The predicted molar refractivity (Wildman–Crippen MR) is 122 cm³/mol. The smallest absolute Gasteiger partial charge is 0.238 e. The highest BCUT2D eigenvalue weighted by atomic mass is 35.5. The van der Waals surface area contributed by atoms with E-state index in [1.165, 1.54) is 22.4 Å². The van der Waals surface area contributed by atoms with Gasteiger partial charge in [-0.05, 0) is 48.6 Å². The van der Waals surface area contributed by atoms with E-state index < -0.39 is 0 Å². The lowest BCUT2D eigenvalue weighted by Gasteiger charge is -2.34. The van der Waals surface area contributed by atoms with Gasteiger partial charge in [0, 0.05) is 50.6 Å². The molecular weight excluding hydrogens is 384 g/mol. The molecule has 0 bridgehead atoms. The molecule has 0 spiro atoms. The number of piperazine rings is 1. The Balaban J connectivity index is 0.00000240. The van der Waals surface area contributed by atoms with Crippen LogP contribution in [0.1, 0.15) is 22.3 Å². The molecule has 0 aliphatic carbocycles. The third-order valence-electron chi connectivity index (χ3n) is 6.04. The summed E-state index contributed by atoms with van der Waals surface area (Å²) in [4.78, 5) is 17.2. The van der Waals surface area contributed by atoms with Crippen LogP contribution < -0.4 is 10.6 Å². The van der Waals surface area contributed by atoms with E-state index in [0.29, 0.717) is 6.54 Å². The zero-order valence-corrected chi connectivity index (χ0v) is 18.1. The molecule has 2 aliphatic heterocycles. The van der Waals surface area contributed by atoms with Crippen LogP contribution >= 0.6 is 12.4 Å². The number of nitrogens with one attached hydrogen (secondary N) is 2. The SMILES string of the molecule is Cc1cccc(NC(=O)CN2CCN(Cc3cccc4c3NCC4)CC2)c1C.Cl. The van der Waals surface area contributed by atoms with Crippen LogP contribution in [0.25, 0.3) is 0 Å². The molecule has 1 fully saturated rings. The Bertz CT molecular complexity index is 862. The number of hydrogen-bond acceptors (Lipinski definition) is 4. The van der Waals surface area contributed by atoms with Gasteiger partial charge in [-0.25, -0.2) is 0 Å². The third kappa shape index (κ3) is 5.10. The minimum atomic E-state index is 0. The molecule has 2 aliphatic rings. The normalized spacial score (nSPS) is 16.6. The molecular formula is C23H31ClN4O. The number of para-hydroxylation sites is 1. The highest BCUT2D eigenvalue weighted by Crippen LogP contribution is 2.27. The van der Waals surface area contributed by atoms with Gasteiger partial charge < -0.3 is 10.6 Å². The van der Waals surface area contributed by atoms with Gasteiger partial charge in [-0.1, -0.05) is 30.3 Å². The Labute approximate surface area is 179 Å². The van der Waals surface area contributed by atoms with E-state index in [2.05, 4.69) is 58.5 Å². The van der Waals surface area contributed by atoms with Crippen LogP contribution in [0.2, 0.25) is 0 Å². The van der Waals surface area contributed by atoms with Gasteiger partial charge in [0.15, 0.2) is 0 Å². The minimum Gasteiger partial charge on any atom is -0.384 e. The van der Waals surface area contributed by atoms with E-state index in [1.54, 1.807) is 0 Å². The quantitative estimate of drug-likeness (QED) is 0.786. The van der Waals surface area contributed by atoms with Crippen molar-refractivity contribution in [2.45, 2.75) is 26.8 Å². The molecule has 29 heavy (non-hydrogen) atoms. The summed E-state index contributed by atoms with van der Waals surface area (Å²) in [6, 6.07) is 12.7. The maximum absolute atomic E-state index is 12.5. The number of benzene rings is 2. The number of aryl methyl sites for hydroxylation is 1. The lowest BCUT2D eigenvalue weighted by molar-refractivity contribution is -0.117. The zero-order chi connectivity index (χ0) is 19.5. The van der Waals surface area contributed by atoms with Crippen LogP contribution in [-0.2, 0) is 17.8 Å². The summed E-state index contributed by atoms with van der Waals surface area (Å²) in [5.74, 6) is 0.0761. The van der Waals surface area contributed by atoms with Gasteiger partial charge in [0.25, 0.3) is 0 Å². The van der Waals surface area contributed by atoms with Crippen LogP contribution in [0, 0.1) is 13.8 Å². The summed E-state index contributed by atoms with van der Waals surface area (Å²) in [5.41, 5.74) is 7.46. The van der Waals surface area contributed by atoms with Crippen LogP contribution in [0.5, 0.6) is 0 Å². The highest BCUT2D eigenvalue weighted by Gasteiger charge is 2.21. The van der Waals surface area contributed by atoms with Gasteiger partial charge in [-0.15, -0.1) is 12.4 Å². The third-order valence-corrected chi connectivity index (χ3v) is 6.04. The first-order valence-corrected chi connectivity index (χ1v) is 10.3. The van der Waals surface area contributed by atoms with Crippen molar-refractivity contribution in [3.63, 3.8) is 0 Å². The number of rotatable bonds is 5. The second-order valence-corrected chi connectivity index (χ2v) is 7.98. The second-order valence-electron chi connectivity index (χ2n) is 7.98. The van der Waals surface area contributed by atoms with Gasteiger partial charge in [-0.3, -0.25) is 14.6 Å². The monoisotopic (exact) mass is 414 g/mol. The van der Waals surface area contributed by atoms with E-state index in [1.807, 2.05) is 12.1 Å². The molecule has 2 heterocycles. The first kappa shape index (κ1) is 21.6. The Hall–Kier alpha value is -2.08. The maximum atomic E-state index is 12.5. The van der Waals surface area contributed by atoms with Crippen LogP contribution in [-0.4, -0.2) is 55.0 Å². The van der Waals surface area contributed by atoms with Crippen molar-refractivity contribution >= 4 is 29.7 Å². The largest absolute Gasteiger partial charge is 0.384 e. The average molecular weight is 415 g/mol. The number of carbonyl (C=O) groups is 1. The van der Waals surface area contributed by atoms with Crippen molar-refractivity contribution in [2.24, 2.45) is 0 Å². The maximum Gasteiger partial charge on any atom is 0.238 e. The van der Waals surface area contributed by atoms with Gasteiger partial charge >= 0.3 is 0 Å². The number of nitrogens with zero attached hydrogens (tertiary/aromatic N) is 2. The molecule has 6 heteroatoms. The minimum absolute atomic E-state index is 0. The number of anilines is 2. The second kappa shape index (κ2) is 9.61. The first-order chi connectivity index (χ1) is 13.6. The Morgan fingerprint density at radius 3 is 2.55 bits per heavy atom. The molecule has 156 valence electrons.